The van der Waals surface area contributed by atoms with E-state index in [9.17, 15) is 33.5 Å². The van der Waals surface area contributed by atoms with Gasteiger partial charge in [-0.05, 0) is 134 Å². The molecule has 3 aromatic heterocycles. The normalized spacial score (nSPS) is 20.1. The molecule has 3 aromatic carbocycles. The maximum atomic E-state index is 15.4. The molecule has 1 unspecified atom stereocenters. The number of allylic oxidation sites excluding steroid dienone is 1. The molecule has 0 spiro atoms. The maximum Gasteiger partial charge on any atom is 0.293 e. The molecule has 1 saturated heterocycles. The number of pyridine rings is 1. The highest BCUT2D eigenvalue weighted by Gasteiger charge is 2.32. The Morgan fingerprint density at radius 2 is 1.81 bits per heavy atom. The Balaban J connectivity index is 0.911. The number of thiophene rings is 1. The second-order valence-electron chi connectivity index (χ2n) is 20.8. The van der Waals surface area contributed by atoms with Crippen LogP contribution >= 0.6 is 11.3 Å². The summed E-state index contributed by atoms with van der Waals surface area (Å²) in [7, 11) is -4.61. The number of carbonyl (C=O) groups excluding carboxylic acids is 1. The number of aromatic nitrogens is 2. The van der Waals surface area contributed by atoms with E-state index in [0.717, 1.165) is 84.9 Å². The van der Waals surface area contributed by atoms with E-state index in [-0.39, 0.29) is 46.7 Å². The number of aliphatic hydroxyl groups is 2. The number of hydrogen-bond acceptors (Lipinski definition) is 13. The zero-order chi connectivity index (χ0) is 51.0. The second kappa shape index (κ2) is 20.7. The van der Waals surface area contributed by atoms with Crippen molar-refractivity contribution in [3.8, 4) is 22.6 Å². The summed E-state index contributed by atoms with van der Waals surface area (Å²) in [5.74, 6) is -0.812. The van der Waals surface area contributed by atoms with Crippen LogP contribution in [0.1, 0.15) is 99.4 Å². The van der Waals surface area contributed by atoms with Gasteiger partial charge in [-0.3, -0.25) is 19.8 Å². The van der Waals surface area contributed by atoms with Crippen LogP contribution in [0.3, 0.4) is 0 Å². The number of piperazine rings is 1. The third kappa shape index (κ3) is 11.5. The van der Waals surface area contributed by atoms with E-state index in [0.29, 0.717) is 49.4 Å². The minimum atomic E-state index is -4.61. The zero-order valence-corrected chi connectivity index (χ0v) is 42.7. The van der Waals surface area contributed by atoms with Crippen molar-refractivity contribution in [2.45, 2.75) is 89.1 Å². The van der Waals surface area contributed by atoms with E-state index in [1.165, 1.54) is 41.6 Å². The molecule has 1 atom stereocenters. The third-order valence-electron chi connectivity index (χ3n) is 14.7. The Bertz CT molecular complexity index is 3130. The van der Waals surface area contributed by atoms with Gasteiger partial charge in [0.25, 0.3) is 21.6 Å². The van der Waals surface area contributed by atoms with Gasteiger partial charge >= 0.3 is 0 Å². The number of nitrogens with one attached hydrogen (secondary N) is 3. The largest absolute Gasteiger partial charge is 0.455 e. The number of benzene rings is 3. The van der Waals surface area contributed by atoms with E-state index in [1.54, 1.807) is 42.7 Å². The highest BCUT2D eigenvalue weighted by atomic mass is 32.2. The Labute approximate surface area is 423 Å². The number of anilines is 2. The van der Waals surface area contributed by atoms with Gasteiger partial charge in [0, 0.05) is 91.6 Å². The topological polar surface area (TPSA) is 203 Å². The first kappa shape index (κ1) is 50.7. The number of nitro benzene ring substituents is 1. The number of aliphatic hydroxyl groups excluding tert-OH is 1. The van der Waals surface area contributed by atoms with Crippen LogP contribution in [0, 0.1) is 27.3 Å². The third-order valence-corrected chi connectivity index (χ3v) is 17.0. The number of ether oxygens (including phenoxy) is 1. The molecule has 2 aliphatic carbocycles. The van der Waals surface area contributed by atoms with E-state index < -0.39 is 37.0 Å². The molecule has 72 heavy (non-hydrogen) atoms. The molecule has 0 bridgehead atoms. The second-order valence-corrected chi connectivity index (χ2v) is 23.4. The van der Waals surface area contributed by atoms with Gasteiger partial charge in [-0.1, -0.05) is 38.5 Å². The number of rotatable bonds is 16. The Morgan fingerprint density at radius 3 is 2.54 bits per heavy atom. The summed E-state index contributed by atoms with van der Waals surface area (Å²) in [6.45, 7) is 12.3. The van der Waals surface area contributed by atoms with Crippen molar-refractivity contribution in [1.29, 1.82) is 0 Å². The van der Waals surface area contributed by atoms with Gasteiger partial charge in [0.1, 0.15) is 28.7 Å². The van der Waals surface area contributed by atoms with Crippen LogP contribution < -0.4 is 19.7 Å². The molecule has 380 valence electrons. The lowest BCUT2D eigenvalue weighted by Crippen LogP contribution is -2.47. The summed E-state index contributed by atoms with van der Waals surface area (Å²) in [5, 5.41) is 38.0. The highest BCUT2D eigenvalue weighted by molar-refractivity contribution is 7.90. The molecule has 4 heterocycles. The van der Waals surface area contributed by atoms with Gasteiger partial charge in [0.2, 0.25) is 0 Å². The van der Waals surface area contributed by atoms with Crippen LogP contribution in [0.25, 0.3) is 27.7 Å². The van der Waals surface area contributed by atoms with E-state index in [2.05, 4.69) is 49.7 Å². The van der Waals surface area contributed by atoms with Crippen LogP contribution in [0.2, 0.25) is 0 Å². The first-order valence-corrected chi connectivity index (χ1v) is 26.9. The summed E-state index contributed by atoms with van der Waals surface area (Å²) in [6.07, 6.45) is 8.96. The van der Waals surface area contributed by atoms with Crippen molar-refractivity contribution in [3.05, 3.63) is 128 Å². The van der Waals surface area contributed by atoms with Crippen molar-refractivity contribution in [1.82, 2.24) is 19.6 Å². The SMILES string of the molecule is CC(CO)c1ccc(-c2csc(C3=C(CN4CCN(c5ccc(C(=O)NS(=O)(=O)c6ccc(NCC7CCC(C)(O)CC7)c([N+](=O)[O-])c6)c(Oc6cnc7[nH]ccc7c6)c5)CC4)CCC(C)(C)C3)c2)c(F)c1. The van der Waals surface area contributed by atoms with Crippen molar-refractivity contribution < 1.29 is 37.5 Å². The van der Waals surface area contributed by atoms with Gasteiger partial charge in [-0.15, -0.1) is 11.3 Å². The van der Waals surface area contributed by atoms with E-state index in [4.69, 9.17) is 4.74 Å². The molecule has 15 nitrogen and oxygen atoms in total. The molecule has 1 aliphatic heterocycles. The number of nitro groups is 1. The fraction of sp³-hybridized carbons (Fsp3) is 0.407. The molecular weight excluding hydrogens is 958 g/mol. The number of carbonyl (C=O) groups is 1. The minimum Gasteiger partial charge on any atom is -0.455 e. The molecule has 1 saturated carbocycles. The fourth-order valence-electron chi connectivity index (χ4n) is 10.1. The quantitative estimate of drug-likeness (QED) is 0.0454. The predicted octanol–water partition coefficient (Wildman–Crippen LogP) is 10.5. The van der Waals surface area contributed by atoms with Gasteiger partial charge in [-0.2, -0.15) is 0 Å². The average molecular weight is 1020 g/mol. The minimum absolute atomic E-state index is 0.0440. The van der Waals surface area contributed by atoms with Crippen LogP contribution in [0.4, 0.5) is 21.5 Å². The van der Waals surface area contributed by atoms with Crippen molar-refractivity contribution in [2.24, 2.45) is 11.3 Å². The van der Waals surface area contributed by atoms with Crippen LogP contribution in [-0.4, -0.2) is 95.8 Å². The molecular formula is C54H62FN7O8S2. The van der Waals surface area contributed by atoms with Crippen molar-refractivity contribution in [2.75, 3.05) is 56.1 Å². The number of nitrogens with zero attached hydrogens (tertiary/aromatic N) is 4. The monoisotopic (exact) mass is 1020 g/mol. The lowest BCUT2D eigenvalue weighted by molar-refractivity contribution is -0.384. The lowest BCUT2D eigenvalue weighted by atomic mass is 9.73. The van der Waals surface area contributed by atoms with Gasteiger partial charge in [0.05, 0.1) is 27.2 Å². The number of sulfonamides is 1. The number of hydrogen-bond donors (Lipinski definition) is 5. The average Bonchev–Trinajstić information content (AvgIpc) is 4.04. The smallest absolute Gasteiger partial charge is 0.293 e. The predicted molar refractivity (Wildman–Crippen MR) is 280 cm³/mol. The van der Waals surface area contributed by atoms with Gasteiger partial charge < -0.3 is 30.2 Å². The van der Waals surface area contributed by atoms with E-state index in [1.807, 2.05) is 30.5 Å². The van der Waals surface area contributed by atoms with Crippen LogP contribution in [-0.2, 0) is 10.0 Å². The standard InChI is InChI=1S/C54H62FN7O8S2/c1-34(32-63)36-5-8-43(46(55)24-36)39-25-50(71-33-39)45-28-53(2,3)15-13-38(45)31-60-19-21-61(22-20-60)40-6-9-44(49(26-40)70-41-23-37-14-18-56-51(37)58-30-41)52(64)59-72(68,69)42-7-10-47(48(27-42)62(66)67)57-29-35-11-16-54(4,65)17-12-35/h5-10,14,18,23-27,30,33-35,57,63,65H,11-13,15-17,19-22,28-29,31-32H2,1-4H3,(H,56,58)(H,59,64). The number of fused-ring (bicyclic) bond motifs is 1. The van der Waals surface area contributed by atoms with E-state index >= 15 is 4.39 Å². The molecule has 5 N–H and O–H groups in total. The summed E-state index contributed by atoms with van der Waals surface area (Å²) >= 11 is 1.65. The number of H-pyrrole nitrogens is 1. The Hall–Kier alpha value is -6.18. The number of amides is 1. The van der Waals surface area contributed by atoms with Crippen LogP contribution in [0.15, 0.2) is 101 Å². The maximum absolute atomic E-state index is 15.4. The summed E-state index contributed by atoms with van der Waals surface area (Å²) in [4.78, 5) is 38.4. The number of aromatic amines is 1. The molecule has 3 aliphatic rings. The van der Waals surface area contributed by atoms with Crippen molar-refractivity contribution in [3.63, 3.8) is 0 Å². The summed E-state index contributed by atoms with van der Waals surface area (Å²) in [6, 6.07) is 19.5. The van der Waals surface area contributed by atoms with Crippen molar-refractivity contribution >= 4 is 60.9 Å². The molecule has 2 fully saturated rings. The fourth-order valence-corrected chi connectivity index (χ4v) is 12.1. The lowest BCUT2D eigenvalue weighted by Gasteiger charge is -2.39. The first-order chi connectivity index (χ1) is 34.3. The molecule has 9 rings (SSSR count). The molecule has 6 aromatic rings. The molecule has 18 heteroatoms. The van der Waals surface area contributed by atoms with Gasteiger partial charge in [-0.25, -0.2) is 22.5 Å². The zero-order valence-electron chi connectivity index (χ0n) is 41.0. The molecule has 0 radical (unpaired) electrons. The molecule has 1 amide bonds. The highest BCUT2D eigenvalue weighted by Crippen LogP contribution is 2.46. The van der Waals surface area contributed by atoms with Crippen LogP contribution in [0.5, 0.6) is 11.5 Å². The Morgan fingerprint density at radius 1 is 1.03 bits per heavy atom. The number of halogens is 1. The van der Waals surface area contributed by atoms with Gasteiger partial charge in [0.15, 0.2) is 0 Å². The first-order valence-electron chi connectivity index (χ1n) is 24.6. The summed E-state index contributed by atoms with van der Waals surface area (Å²) in [5.41, 5.74) is 5.35. The Kier molecular flexibility index (Phi) is 14.6. The summed E-state index contributed by atoms with van der Waals surface area (Å²) < 4.78 is 51.5.